The summed E-state index contributed by atoms with van der Waals surface area (Å²) in [7, 11) is 0. The molecule has 0 aromatic carbocycles. The molecule has 0 bridgehead atoms. The average Bonchev–Trinajstić information content (AvgIpc) is 3.00. The molecule has 1 fully saturated rings. The van der Waals surface area contributed by atoms with Gasteiger partial charge >= 0.3 is 6.08 Å². The first-order valence-electron chi connectivity index (χ1n) is 6.95. The fourth-order valence-electron chi connectivity index (χ4n) is 2.98. The summed E-state index contributed by atoms with van der Waals surface area (Å²) < 4.78 is 21.1. The summed E-state index contributed by atoms with van der Waals surface area (Å²) in [6, 6.07) is 0. The van der Waals surface area contributed by atoms with Crippen molar-refractivity contribution in [2.24, 2.45) is 5.92 Å². The zero-order chi connectivity index (χ0) is 15.2. The van der Waals surface area contributed by atoms with Gasteiger partial charge in [-0.1, -0.05) is 13.8 Å². The van der Waals surface area contributed by atoms with Gasteiger partial charge in [-0.05, 0) is 18.8 Å². The van der Waals surface area contributed by atoms with E-state index in [0.29, 0.717) is 24.0 Å². The largest absolute Gasteiger partial charge is 0.393 e. The average molecular weight is 295 g/mol. The molecule has 8 heteroatoms. The minimum absolute atomic E-state index is 0.00575. The van der Waals surface area contributed by atoms with Crippen LogP contribution in [-0.2, 0) is 4.74 Å². The Morgan fingerprint density at radius 1 is 1.57 bits per heavy atom. The SMILES string of the molecule is CC[C@]1(CO)O[C@@H](n2cnc3c(N)nc(F)nc32)C[C@@H]1C. The highest BCUT2D eigenvalue weighted by Gasteiger charge is 2.45. The monoisotopic (exact) mass is 295 g/mol. The Bertz CT molecular complexity index is 670. The predicted octanol–water partition coefficient (Wildman–Crippen LogP) is 1.24. The maximum Gasteiger partial charge on any atom is 0.312 e. The lowest BCUT2D eigenvalue weighted by molar-refractivity contribution is -0.110. The number of hydrogen-bond acceptors (Lipinski definition) is 6. The van der Waals surface area contributed by atoms with Crippen LogP contribution in [0.5, 0.6) is 0 Å². The maximum atomic E-state index is 13.4. The molecule has 21 heavy (non-hydrogen) atoms. The molecule has 7 nitrogen and oxygen atoms in total. The molecule has 0 unspecified atom stereocenters. The van der Waals surface area contributed by atoms with Crippen LogP contribution in [0.1, 0.15) is 32.9 Å². The predicted molar refractivity (Wildman–Crippen MR) is 73.7 cm³/mol. The van der Waals surface area contributed by atoms with Crippen LogP contribution in [0.15, 0.2) is 6.33 Å². The number of rotatable bonds is 3. The smallest absolute Gasteiger partial charge is 0.312 e. The van der Waals surface area contributed by atoms with E-state index in [1.807, 2.05) is 13.8 Å². The number of anilines is 1. The van der Waals surface area contributed by atoms with Crippen molar-refractivity contribution in [1.29, 1.82) is 0 Å². The number of aliphatic hydroxyl groups excluding tert-OH is 1. The van der Waals surface area contributed by atoms with Crippen LogP contribution in [0.2, 0.25) is 0 Å². The molecule has 1 aliphatic heterocycles. The van der Waals surface area contributed by atoms with E-state index in [-0.39, 0.29) is 24.6 Å². The first-order chi connectivity index (χ1) is 10.0. The van der Waals surface area contributed by atoms with Crippen molar-refractivity contribution in [3.63, 3.8) is 0 Å². The standard InChI is InChI=1S/C13H18FN5O2/c1-3-13(5-20)7(2)4-8(21-13)19-6-16-9-10(15)17-12(14)18-11(9)19/h6-8,20H,3-5H2,1-2H3,(H2,15,17,18)/t7-,8+,13+/m0/s1. The molecule has 0 radical (unpaired) electrons. The summed E-state index contributed by atoms with van der Waals surface area (Å²) in [5.41, 5.74) is 5.73. The number of fused-ring (bicyclic) bond motifs is 1. The molecule has 3 heterocycles. The normalized spacial score (nSPS) is 29.3. The Morgan fingerprint density at radius 2 is 2.33 bits per heavy atom. The third-order valence-corrected chi connectivity index (χ3v) is 4.42. The zero-order valence-electron chi connectivity index (χ0n) is 12.0. The first kappa shape index (κ1) is 14.2. The van der Waals surface area contributed by atoms with Gasteiger partial charge in [0.25, 0.3) is 0 Å². The Kier molecular flexibility index (Phi) is 3.29. The van der Waals surface area contributed by atoms with Gasteiger partial charge < -0.3 is 15.6 Å². The van der Waals surface area contributed by atoms with Crippen molar-refractivity contribution in [2.75, 3.05) is 12.3 Å². The quantitative estimate of drug-likeness (QED) is 0.827. The summed E-state index contributed by atoms with van der Waals surface area (Å²) in [6.45, 7) is 3.95. The molecule has 3 rings (SSSR count). The van der Waals surface area contributed by atoms with Gasteiger partial charge in [0.05, 0.1) is 18.5 Å². The molecule has 0 aliphatic carbocycles. The molecule has 3 N–H and O–H groups in total. The minimum Gasteiger partial charge on any atom is -0.393 e. The Balaban J connectivity index is 2.03. The van der Waals surface area contributed by atoms with Crippen molar-refractivity contribution in [2.45, 2.75) is 38.5 Å². The number of ether oxygens (including phenoxy) is 1. The second kappa shape index (κ2) is 4.88. The summed E-state index contributed by atoms with van der Waals surface area (Å²) in [5, 5.41) is 9.65. The number of aromatic nitrogens is 4. The second-order valence-corrected chi connectivity index (χ2v) is 5.49. The van der Waals surface area contributed by atoms with Crippen LogP contribution >= 0.6 is 0 Å². The van der Waals surface area contributed by atoms with Crippen molar-refractivity contribution in [1.82, 2.24) is 19.5 Å². The van der Waals surface area contributed by atoms with Gasteiger partial charge in [-0.2, -0.15) is 14.4 Å². The molecule has 0 spiro atoms. The fourth-order valence-corrected chi connectivity index (χ4v) is 2.98. The lowest BCUT2D eigenvalue weighted by Crippen LogP contribution is -2.37. The molecular formula is C13H18FN5O2. The highest BCUT2D eigenvalue weighted by molar-refractivity contribution is 5.81. The van der Waals surface area contributed by atoms with E-state index in [0.717, 1.165) is 0 Å². The lowest BCUT2D eigenvalue weighted by Gasteiger charge is -2.29. The summed E-state index contributed by atoms with van der Waals surface area (Å²) in [4.78, 5) is 11.4. The topological polar surface area (TPSA) is 99.1 Å². The van der Waals surface area contributed by atoms with E-state index >= 15 is 0 Å². The number of nitrogens with zero attached hydrogens (tertiary/aromatic N) is 4. The molecule has 0 saturated carbocycles. The number of nitrogens with two attached hydrogens (primary N) is 1. The highest BCUT2D eigenvalue weighted by atomic mass is 19.1. The van der Waals surface area contributed by atoms with Crippen molar-refractivity contribution >= 4 is 17.0 Å². The van der Waals surface area contributed by atoms with Crippen molar-refractivity contribution in [3.05, 3.63) is 12.4 Å². The number of hydrogen-bond donors (Lipinski definition) is 2. The Hall–Kier alpha value is -1.80. The van der Waals surface area contributed by atoms with Crippen LogP contribution in [-0.4, -0.2) is 36.8 Å². The van der Waals surface area contributed by atoms with Gasteiger partial charge in [0.1, 0.15) is 6.23 Å². The van der Waals surface area contributed by atoms with Crippen LogP contribution in [0, 0.1) is 12.0 Å². The fraction of sp³-hybridized carbons (Fsp3) is 0.615. The Morgan fingerprint density at radius 3 is 2.95 bits per heavy atom. The Labute approximate surface area is 121 Å². The van der Waals surface area contributed by atoms with E-state index in [4.69, 9.17) is 10.5 Å². The van der Waals surface area contributed by atoms with Gasteiger partial charge in [-0.3, -0.25) is 4.57 Å². The summed E-state index contributed by atoms with van der Waals surface area (Å²) >= 11 is 0. The van der Waals surface area contributed by atoms with E-state index in [1.54, 1.807) is 4.57 Å². The molecule has 1 aliphatic rings. The third-order valence-electron chi connectivity index (χ3n) is 4.42. The highest BCUT2D eigenvalue weighted by Crippen LogP contribution is 2.43. The first-order valence-corrected chi connectivity index (χ1v) is 6.95. The van der Waals surface area contributed by atoms with Gasteiger partial charge in [0.15, 0.2) is 17.0 Å². The molecular weight excluding hydrogens is 277 g/mol. The second-order valence-electron chi connectivity index (χ2n) is 5.49. The molecule has 0 amide bonds. The summed E-state index contributed by atoms with van der Waals surface area (Å²) in [5.74, 6) is 0.171. The van der Waals surface area contributed by atoms with E-state index < -0.39 is 11.7 Å². The molecule has 1 saturated heterocycles. The number of nitrogen functional groups attached to an aromatic ring is 1. The molecule has 114 valence electrons. The molecule has 2 aromatic heterocycles. The van der Waals surface area contributed by atoms with E-state index in [2.05, 4.69) is 15.0 Å². The molecule has 2 aromatic rings. The van der Waals surface area contributed by atoms with Gasteiger partial charge in [-0.15, -0.1) is 0 Å². The number of imidazole rings is 1. The van der Waals surface area contributed by atoms with Crippen LogP contribution < -0.4 is 5.73 Å². The summed E-state index contributed by atoms with van der Waals surface area (Å²) in [6.07, 6.45) is 1.66. The molecule has 3 atom stereocenters. The van der Waals surface area contributed by atoms with Gasteiger partial charge in [0, 0.05) is 0 Å². The van der Waals surface area contributed by atoms with Gasteiger partial charge in [-0.25, -0.2) is 4.98 Å². The number of aliphatic hydroxyl groups is 1. The minimum atomic E-state index is -0.892. The number of halogens is 1. The van der Waals surface area contributed by atoms with Crippen LogP contribution in [0.25, 0.3) is 11.2 Å². The van der Waals surface area contributed by atoms with Crippen LogP contribution in [0.4, 0.5) is 10.2 Å². The van der Waals surface area contributed by atoms with E-state index in [9.17, 15) is 9.50 Å². The van der Waals surface area contributed by atoms with E-state index in [1.165, 1.54) is 6.33 Å². The van der Waals surface area contributed by atoms with Gasteiger partial charge in [0.2, 0.25) is 0 Å². The van der Waals surface area contributed by atoms with Crippen molar-refractivity contribution < 1.29 is 14.2 Å². The van der Waals surface area contributed by atoms with Crippen LogP contribution in [0.3, 0.4) is 0 Å². The van der Waals surface area contributed by atoms with Crippen molar-refractivity contribution in [3.8, 4) is 0 Å². The zero-order valence-corrected chi connectivity index (χ0v) is 12.0. The maximum absolute atomic E-state index is 13.4. The third kappa shape index (κ3) is 2.06. The lowest BCUT2D eigenvalue weighted by atomic mass is 9.87.